The summed E-state index contributed by atoms with van der Waals surface area (Å²) in [6, 6.07) is 20.1. The summed E-state index contributed by atoms with van der Waals surface area (Å²) in [7, 11) is 2.78. The Morgan fingerprint density at radius 2 is 1.12 bits per heavy atom. The van der Waals surface area contributed by atoms with Gasteiger partial charge in [0, 0.05) is 0 Å². The van der Waals surface area contributed by atoms with Gasteiger partial charge in [-0.2, -0.15) is 0 Å². The molecule has 0 aliphatic heterocycles. The molecule has 0 fully saturated rings. The van der Waals surface area contributed by atoms with E-state index in [4.69, 9.17) is 9.47 Å². The highest BCUT2D eigenvalue weighted by Crippen LogP contribution is 2.45. The molecular weight excluding hydrogens is 424 g/mol. The second kappa shape index (κ2) is 9.30. The third-order valence-corrected chi connectivity index (χ3v) is 6.51. The van der Waals surface area contributed by atoms with E-state index in [2.05, 4.69) is 45.9 Å². The van der Waals surface area contributed by atoms with Gasteiger partial charge in [-0.3, -0.25) is 0 Å². The van der Waals surface area contributed by atoms with Crippen LogP contribution in [0.5, 0.6) is 0 Å². The normalized spacial score (nSPS) is 11.4. The Balaban J connectivity index is 2.05. The van der Waals surface area contributed by atoms with Crippen molar-refractivity contribution < 1.29 is 19.1 Å². The molecule has 0 unspecified atom stereocenters. The molecule has 0 radical (unpaired) electrons. The molecular formula is C30H30O4. The van der Waals surface area contributed by atoms with Gasteiger partial charge in [-0.15, -0.1) is 0 Å². The maximum absolute atomic E-state index is 13.0. The average Bonchev–Trinajstić information content (AvgIpc) is 3.16. The quantitative estimate of drug-likeness (QED) is 0.295. The third kappa shape index (κ3) is 4.05. The number of hydrogen-bond acceptors (Lipinski definition) is 4. The standard InChI is InChI=1S/C30H30O4/c1-17(2)19-7-8-21-15-26(28(30(32)34-6)22(21)12-9-19)25-16-27(29(31)33-5)24-14-11-20(18(3)4)10-13-23(24)25/h7-18H,1-6H3. The van der Waals surface area contributed by atoms with E-state index >= 15 is 0 Å². The predicted molar refractivity (Wildman–Crippen MR) is 136 cm³/mol. The molecule has 4 rings (SSSR count). The lowest BCUT2D eigenvalue weighted by Gasteiger charge is -2.05. The molecule has 0 aromatic rings. The lowest BCUT2D eigenvalue weighted by atomic mass is 10.00. The van der Waals surface area contributed by atoms with Crippen molar-refractivity contribution in [2.24, 2.45) is 0 Å². The van der Waals surface area contributed by atoms with E-state index in [9.17, 15) is 9.59 Å². The SMILES string of the molecule is COC(=O)c1cc(-c2cc3ccc(C(C)C)ccc-3c2C(=O)OC)c2ccc(C(C)C)ccc1-2. The van der Waals surface area contributed by atoms with Crippen molar-refractivity contribution in [1.82, 2.24) is 0 Å². The van der Waals surface area contributed by atoms with Crippen molar-refractivity contribution in [3.8, 4) is 33.4 Å². The van der Waals surface area contributed by atoms with E-state index < -0.39 is 11.9 Å². The zero-order chi connectivity index (χ0) is 24.6. The first-order valence-electron chi connectivity index (χ1n) is 11.6. The van der Waals surface area contributed by atoms with Gasteiger partial charge in [0.05, 0.1) is 25.3 Å². The number of rotatable bonds is 5. The molecule has 0 atom stereocenters. The topological polar surface area (TPSA) is 52.6 Å². The first-order valence-corrected chi connectivity index (χ1v) is 11.6. The molecule has 0 saturated carbocycles. The molecule has 4 nitrogen and oxygen atoms in total. The highest BCUT2D eigenvalue weighted by Gasteiger charge is 2.28. The van der Waals surface area contributed by atoms with Crippen LogP contribution in [0.1, 0.15) is 71.4 Å². The highest BCUT2D eigenvalue weighted by molar-refractivity contribution is 6.11. The summed E-state index contributed by atoms with van der Waals surface area (Å²) in [5.74, 6) is -0.102. The van der Waals surface area contributed by atoms with Crippen LogP contribution in [0, 0.1) is 0 Å². The molecule has 0 spiro atoms. The molecule has 0 amide bonds. The fraction of sp³-hybridized carbons (Fsp3) is 0.267. The Bertz CT molecular complexity index is 1320. The number of carbonyl (C=O) groups excluding carboxylic acids is 2. The van der Waals surface area contributed by atoms with Crippen molar-refractivity contribution in [2.75, 3.05) is 14.2 Å². The van der Waals surface area contributed by atoms with E-state index in [1.807, 2.05) is 42.5 Å². The van der Waals surface area contributed by atoms with Gasteiger partial charge in [0.25, 0.3) is 0 Å². The molecule has 34 heavy (non-hydrogen) atoms. The Morgan fingerprint density at radius 1 is 0.588 bits per heavy atom. The molecule has 0 aromatic carbocycles. The van der Waals surface area contributed by atoms with Crippen LogP contribution in [0.4, 0.5) is 0 Å². The lowest BCUT2D eigenvalue weighted by molar-refractivity contribution is 0.0594. The minimum Gasteiger partial charge on any atom is -0.465 e. The number of fused-ring (bicyclic) bond motifs is 2. The number of methoxy groups -OCH3 is 2. The molecule has 0 saturated heterocycles. The van der Waals surface area contributed by atoms with E-state index in [1.165, 1.54) is 19.8 Å². The summed E-state index contributed by atoms with van der Waals surface area (Å²) in [4.78, 5) is 25.7. The summed E-state index contributed by atoms with van der Waals surface area (Å²) >= 11 is 0. The van der Waals surface area contributed by atoms with Crippen molar-refractivity contribution in [3.63, 3.8) is 0 Å². The van der Waals surface area contributed by atoms with Crippen LogP contribution in [0.3, 0.4) is 0 Å². The van der Waals surface area contributed by atoms with Gasteiger partial charge in [-0.05, 0) is 68.5 Å². The number of carbonyl (C=O) groups is 2. The number of esters is 2. The molecule has 4 heteroatoms. The van der Waals surface area contributed by atoms with Crippen LogP contribution in [-0.4, -0.2) is 26.2 Å². The largest absolute Gasteiger partial charge is 0.465 e. The fourth-order valence-corrected chi connectivity index (χ4v) is 4.50. The van der Waals surface area contributed by atoms with E-state index in [0.717, 1.165) is 38.9 Å². The van der Waals surface area contributed by atoms with Crippen LogP contribution >= 0.6 is 0 Å². The second-order valence-electron chi connectivity index (χ2n) is 9.23. The minimum absolute atomic E-state index is 0.337. The summed E-state index contributed by atoms with van der Waals surface area (Å²) in [5, 5.41) is 0. The van der Waals surface area contributed by atoms with Crippen LogP contribution in [0.15, 0.2) is 60.7 Å². The number of hydrogen-bond donors (Lipinski definition) is 0. The maximum Gasteiger partial charge on any atom is 0.339 e. The first kappa shape index (κ1) is 23.5. The zero-order valence-corrected chi connectivity index (χ0v) is 20.6. The van der Waals surface area contributed by atoms with Gasteiger partial charge in [-0.1, -0.05) is 76.2 Å². The van der Waals surface area contributed by atoms with E-state index in [1.54, 1.807) is 0 Å². The Labute approximate surface area is 201 Å². The summed E-state index contributed by atoms with van der Waals surface area (Å²) in [6.45, 7) is 8.55. The van der Waals surface area contributed by atoms with Crippen LogP contribution in [-0.2, 0) is 9.47 Å². The molecule has 0 N–H and O–H groups in total. The van der Waals surface area contributed by atoms with Crippen molar-refractivity contribution in [2.45, 2.75) is 39.5 Å². The minimum atomic E-state index is -0.405. The summed E-state index contributed by atoms with van der Waals surface area (Å²) in [6.07, 6.45) is 0. The molecule has 0 aromatic heterocycles. The Morgan fingerprint density at radius 3 is 1.68 bits per heavy atom. The predicted octanol–water partition coefficient (Wildman–Crippen LogP) is 7.38. The van der Waals surface area contributed by atoms with Gasteiger partial charge in [-0.25, -0.2) is 9.59 Å². The first-order chi connectivity index (χ1) is 16.3. The van der Waals surface area contributed by atoms with Crippen LogP contribution < -0.4 is 0 Å². The maximum atomic E-state index is 13.0. The highest BCUT2D eigenvalue weighted by atomic mass is 16.5. The zero-order valence-electron chi connectivity index (χ0n) is 20.6. The second-order valence-corrected chi connectivity index (χ2v) is 9.23. The molecule has 4 aliphatic rings. The van der Waals surface area contributed by atoms with Crippen LogP contribution in [0.25, 0.3) is 33.4 Å². The molecule has 174 valence electrons. The number of ether oxygens (including phenoxy) is 2. The average molecular weight is 455 g/mol. The Kier molecular flexibility index (Phi) is 6.43. The lowest BCUT2D eigenvalue weighted by Crippen LogP contribution is -2.02. The van der Waals surface area contributed by atoms with Gasteiger partial charge in [0.2, 0.25) is 0 Å². The van der Waals surface area contributed by atoms with Crippen molar-refractivity contribution in [3.05, 3.63) is 82.9 Å². The molecule has 0 heterocycles. The van der Waals surface area contributed by atoms with Gasteiger partial charge in [0.15, 0.2) is 0 Å². The van der Waals surface area contributed by atoms with Gasteiger partial charge in [0.1, 0.15) is 0 Å². The summed E-state index contributed by atoms with van der Waals surface area (Å²) < 4.78 is 10.3. The summed E-state index contributed by atoms with van der Waals surface area (Å²) in [5.41, 5.74) is 8.34. The third-order valence-electron chi connectivity index (χ3n) is 6.51. The van der Waals surface area contributed by atoms with Crippen LogP contribution in [0.2, 0.25) is 0 Å². The van der Waals surface area contributed by atoms with E-state index in [0.29, 0.717) is 23.0 Å². The smallest absolute Gasteiger partial charge is 0.339 e. The van der Waals surface area contributed by atoms with Gasteiger partial charge < -0.3 is 9.47 Å². The molecule has 4 aliphatic carbocycles. The van der Waals surface area contributed by atoms with Crippen molar-refractivity contribution in [1.29, 1.82) is 0 Å². The van der Waals surface area contributed by atoms with E-state index in [-0.39, 0.29) is 0 Å². The fourth-order valence-electron chi connectivity index (χ4n) is 4.50. The Hall–Kier alpha value is -3.66. The monoisotopic (exact) mass is 454 g/mol. The van der Waals surface area contributed by atoms with Gasteiger partial charge >= 0.3 is 11.9 Å². The molecule has 0 bridgehead atoms. The van der Waals surface area contributed by atoms with Crippen molar-refractivity contribution >= 4 is 11.9 Å².